The summed E-state index contributed by atoms with van der Waals surface area (Å²) in [5.41, 5.74) is 2.12. The number of benzene rings is 1. The van der Waals surface area contributed by atoms with E-state index in [1.54, 1.807) is 13.4 Å². The minimum Gasteiger partial charge on any atom is -0.497 e. The third kappa shape index (κ3) is 3.67. The number of carbonyl (C=O) groups excluding carboxylic acids is 1. The topological polar surface area (TPSA) is 66.2 Å². The molecule has 2 heterocycles. The Morgan fingerprint density at radius 2 is 2.19 bits per heavy atom. The Bertz CT molecular complexity index is 789. The lowest BCUT2D eigenvalue weighted by atomic mass is 10.0. The highest BCUT2D eigenvalue weighted by atomic mass is 16.5. The molecule has 2 aromatic rings. The number of rotatable bonds is 4. The molecule has 1 amide bonds. The second-order valence-electron chi connectivity index (χ2n) is 7.33. The summed E-state index contributed by atoms with van der Waals surface area (Å²) in [6.45, 7) is 1.55. The van der Waals surface area contributed by atoms with Gasteiger partial charge in [-0.2, -0.15) is 0 Å². The first-order valence-electron chi connectivity index (χ1n) is 9.57. The second kappa shape index (κ2) is 7.64. The number of furan rings is 1. The summed E-state index contributed by atoms with van der Waals surface area (Å²) in [6.07, 6.45) is 4.52. The van der Waals surface area contributed by atoms with Crippen LogP contribution in [-0.4, -0.2) is 41.7 Å². The molecule has 1 saturated carbocycles. The fourth-order valence-corrected chi connectivity index (χ4v) is 4.25. The summed E-state index contributed by atoms with van der Waals surface area (Å²) < 4.78 is 10.9. The number of ether oxygens (including phenoxy) is 1. The van der Waals surface area contributed by atoms with E-state index in [1.807, 2.05) is 29.2 Å². The number of nitrogens with zero attached hydrogens (tertiary/aromatic N) is 2. The van der Waals surface area contributed by atoms with Gasteiger partial charge in [-0.3, -0.25) is 4.79 Å². The number of aliphatic hydroxyl groups excluding tert-OH is 1. The van der Waals surface area contributed by atoms with Crippen LogP contribution in [0, 0.1) is 0 Å². The normalized spacial score (nSPS) is 23.1. The molecule has 1 aromatic heterocycles. The van der Waals surface area contributed by atoms with Crippen molar-refractivity contribution < 1.29 is 19.1 Å². The maximum absolute atomic E-state index is 12.9. The van der Waals surface area contributed by atoms with Gasteiger partial charge in [0.15, 0.2) is 0 Å². The Kier molecular flexibility index (Phi) is 5.07. The molecule has 27 heavy (non-hydrogen) atoms. The van der Waals surface area contributed by atoms with E-state index < -0.39 is 0 Å². The molecule has 6 nitrogen and oxygen atoms in total. The van der Waals surface area contributed by atoms with Gasteiger partial charge in [0.1, 0.15) is 11.5 Å². The molecule has 4 rings (SSSR count). The van der Waals surface area contributed by atoms with Gasteiger partial charge in [-0.05, 0) is 55.2 Å². The van der Waals surface area contributed by atoms with Crippen molar-refractivity contribution >= 4 is 11.6 Å². The highest BCUT2D eigenvalue weighted by molar-refractivity contribution is 5.78. The number of fused-ring (bicyclic) bond motifs is 1. The maximum atomic E-state index is 12.9. The Balaban J connectivity index is 1.68. The van der Waals surface area contributed by atoms with E-state index in [9.17, 15) is 9.90 Å². The predicted octanol–water partition coefficient (Wildman–Crippen LogP) is 2.94. The summed E-state index contributed by atoms with van der Waals surface area (Å²) in [5, 5.41) is 10.4. The van der Waals surface area contributed by atoms with Crippen LogP contribution >= 0.6 is 0 Å². The third-order valence-electron chi connectivity index (χ3n) is 5.65. The highest BCUT2D eigenvalue weighted by Gasteiger charge is 2.34. The standard InChI is InChI=1S/C21H26N2O4/c1-26-16-7-8-18-15(12-16)13-22(14-17-4-3-11-27-17)21(25)9-10-23(18)19-5-2-6-20(19)24/h3-4,7-8,11-12,19-20,24H,2,5-6,9-10,13-14H2,1H3/t19-,20-/m1/s1. The van der Waals surface area contributed by atoms with Crippen LogP contribution in [0.2, 0.25) is 0 Å². The molecule has 144 valence electrons. The Hall–Kier alpha value is -2.47. The van der Waals surface area contributed by atoms with E-state index in [-0.39, 0.29) is 18.1 Å². The largest absolute Gasteiger partial charge is 0.497 e. The van der Waals surface area contributed by atoms with E-state index in [0.717, 1.165) is 42.0 Å². The molecule has 6 heteroatoms. The van der Waals surface area contributed by atoms with Crippen LogP contribution in [0.4, 0.5) is 5.69 Å². The van der Waals surface area contributed by atoms with E-state index >= 15 is 0 Å². The molecular weight excluding hydrogens is 344 g/mol. The number of hydrogen-bond acceptors (Lipinski definition) is 5. The summed E-state index contributed by atoms with van der Waals surface area (Å²) >= 11 is 0. The summed E-state index contributed by atoms with van der Waals surface area (Å²) in [7, 11) is 1.65. The zero-order chi connectivity index (χ0) is 18.8. The molecule has 0 radical (unpaired) electrons. The Morgan fingerprint density at radius 1 is 1.30 bits per heavy atom. The van der Waals surface area contributed by atoms with Crippen molar-refractivity contribution in [2.24, 2.45) is 0 Å². The number of aliphatic hydroxyl groups is 1. The number of methoxy groups -OCH3 is 1. The molecule has 0 unspecified atom stereocenters. The maximum Gasteiger partial charge on any atom is 0.225 e. The van der Waals surface area contributed by atoms with Gasteiger partial charge in [0.2, 0.25) is 5.91 Å². The fourth-order valence-electron chi connectivity index (χ4n) is 4.25. The number of hydrogen-bond donors (Lipinski definition) is 1. The van der Waals surface area contributed by atoms with Crippen LogP contribution in [0.25, 0.3) is 0 Å². The smallest absolute Gasteiger partial charge is 0.225 e. The van der Waals surface area contributed by atoms with Crippen molar-refractivity contribution in [2.75, 3.05) is 18.6 Å². The van der Waals surface area contributed by atoms with Gasteiger partial charge in [-0.15, -0.1) is 0 Å². The fraction of sp³-hybridized carbons (Fsp3) is 0.476. The van der Waals surface area contributed by atoms with E-state index in [2.05, 4.69) is 11.0 Å². The number of amides is 1. The van der Waals surface area contributed by atoms with Gasteiger partial charge in [0.05, 0.1) is 32.1 Å². The van der Waals surface area contributed by atoms with Gasteiger partial charge < -0.3 is 24.1 Å². The molecule has 1 aliphatic carbocycles. The van der Waals surface area contributed by atoms with Crippen molar-refractivity contribution in [2.45, 2.75) is 50.9 Å². The average molecular weight is 370 g/mol. The van der Waals surface area contributed by atoms with Crippen LogP contribution < -0.4 is 9.64 Å². The summed E-state index contributed by atoms with van der Waals surface area (Å²) in [6, 6.07) is 9.80. The van der Waals surface area contributed by atoms with Crippen molar-refractivity contribution in [1.29, 1.82) is 0 Å². The zero-order valence-corrected chi connectivity index (χ0v) is 15.6. The molecule has 1 aliphatic heterocycles. The first-order chi connectivity index (χ1) is 13.2. The summed E-state index contributed by atoms with van der Waals surface area (Å²) in [5.74, 6) is 1.64. The molecule has 0 saturated heterocycles. The summed E-state index contributed by atoms with van der Waals surface area (Å²) in [4.78, 5) is 16.9. The van der Waals surface area contributed by atoms with Crippen LogP contribution in [0.15, 0.2) is 41.0 Å². The molecule has 0 spiro atoms. The quantitative estimate of drug-likeness (QED) is 0.896. The van der Waals surface area contributed by atoms with Gasteiger partial charge >= 0.3 is 0 Å². The van der Waals surface area contributed by atoms with Gasteiger partial charge in [0.25, 0.3) is 0 Å². The Morgan fingerprint density at radius 3 is 2.89 bits per heavy atom. The minimum atomic E-state index is -0.339. The molecule has 1 fully saturated rings. The van der Waals surface area contributed by atoms with Crippen LogP contribution in [0.5, 0.6) is 5.75 Å². The molecule has 1 aromatic carbocycles. The average Bonchev–Trinajstić information content (AvgIpc) is 3.33. The first-order valence-corrected chi connectivity index (χ1v) is 9.57. The van der Waals surface area contributed by atoms with Crippen LogP contribution in [0.1, 0.15) is 37.0 Å². The minimum absolute atomic E-state index is 0.0709. The molecule has 2 aliphatic rings. The van der Waals surface area contributed by atoms with Crippen molar-refractivity contribution in [3.63, 3.8) is 0 Å². The van der Waals surface area contributed by atoms with Gasteiger partial charge in [-0.25, -0.2) is 0 Å². The third-order valence-corrected chi connectivity index (χ3v) is 5.65. The molecule has 2 atom stereocenters. The number of carbonyl (C=O) groups is 1. The van der Waals surface area contributed by atoms with Crippen LogP contribution in [0.3, 0.4) is 0 Å². The van der Waals surface area contributed by atoms with E-state index in [4.69, 9.17) is 9.15 Å². The lowest BCUT2D eigenvalue weighted by Gasteiger charge is -2.38. The van der Waals surface area contributed by atoms with E-state index in [0.29, 0.717) is 26.1 Å². The lowest BCUT2D eigenvalue weighted by molar-refractivity contribution is -0.132. The van der Waals surface area contributed by atoms with Gasteiger partial charge in [-0.1, -0.05) is 0 Å². The van der Waals surface area contributed by atoms with Crippen molar-refractivity contribution in [3.8, 4) is 5.75 Å². The molecule has 1 N–H and O–H groups in total. The van der Waals surface area contributed by atoms with Gasteiger partial charge in [0, 0.05) is 25.2 Å². The van der Waals surface area contributed by atoms with E-state index in [1.165, 1.54) is 0 Å². The molecular formula is C21H26N2O4. The Labute approximate surface area is 159 Å². The monoisotopic (exact) mass is 370 g/mol. The SMILES string of the molecule is COc1ccc2c(c1)CN(Cc1ccco1)C(=O)CCN2[C@@H]1CCC[C@H]1O. The van der Waals surface area contributed by atoms with Crippen molar-refractivity contribution in [3.05, 3.63) is 47.9 Å². The zero-order valence-electron chi connectivity index (χ0n) is 15.6. The lowest BCUT2D eigenvalue weighted by Crippen LogP contribution is -2.45. The van der Waals surface area contributed by atoms with Crippen molar-refractivity contribution in [1.82, 2.24) is 4.90 Å². The predicted molar refractivity (Wildman–Crippen MR) is 102 cm³/mol. The highest BCUT2D eigenvalue weighted by Crippen LogP contribution is 2.35. The first kappa shape index (κ1) is 17.9. The number of anilines is 1. The second-order valence-corrected chi connectivity index (χ2v) is 7.33. The van der Waals surface area contributed by atoms with Crippen LogP contribution in [-0.2, 0) is 17.9 Å². The molecule has 0 bridgehead atoms.